The molecule has 8 heteroatoms. The maximum absolute atomic E-state index is 6.05. The number of piperazine rings is 1. The molecule has 33 heavy (non-hydrogen) atoms. The highest BCUT2D eigenvalue weighted by atomic mass is 35.5. The molecule has 1 saturated heterocycles. The van der Waals surface area contributed by atoms with Crippen molar-refractivity contribution in [2.24, 2.45) is 0 Å². The summed E-state index contributed by atoms with van der Waals surface area (Å²) in [5.41, 5.74) is 3.69. The fraction of sp³-hybridized carbons (Fsp3) is 0.360. The molecule has 3 aromatic heterocycles. The average molecular weight is 460 g/mol. The van der Waals surface area contributed by atoms with Gasteiger partial charge in [0.15, 0.2) is 5.82 Å². The first kappa shape index (κ1) is 20.4. The molecule has 0 spiro atoms. The topological polar surface area (TPSA) is 62.5 Å². The Hall–Kier alpha value is -3.19. The number of anilines is 2. The van der Waals surface area contributed by atoms with E-state index < -0.39 is 0 Å². The van der Waals surface area contributed by atoms with Gasteiger partial charge in [-0.1, -0.05) is 29.8 Å². The number of aromatic nitrogens is 5. The van der Waals surface area contributed by atoms with Crippen molar-refractivity contribution in [3.63, 3.8) is 0 Å². The van der Waals surface area contributed by atoms with Crippen molar-refractivity contribution in [2.45, 2.75) is 32.1 Å². The molecular weight excluding hydrogens is 434 g/mol. The van der Waals surface area contributed by atoms with Crippen LogP contribution in [0.15, 0.2) is 48.7 Å². The SMILES string of the molecule is Clc1ccc(Cc2nc3nc4c(c(N5CCN(c6ccccn6)CC5)n3n2)CCCC4)cc1. The lowest BCUT2D eigenvalue weighted by atomic mass is 9.96. The lowest BCUT2D eigenvalue weighted by Gasteiger charge is -2.38. The van der Waals surface area contributed by atoms with Gasteiger partial charge in [-0.25, -0.2) is 9.97 Å². The molecule has 0 radical (unpaired) electrons. The van der Waals surface area contributed by atoms with Crippen LogP contribution in [0.25, 0.3) is 5.78 Å². The van der Waals surface area contributed by atoms with Crippen LogP contribution >= 0.6 is 11.6 Å². The van der Waals surface area contributed by atoms with Crippen LogP contribution in [0.1, 0.15) is 35.5 Å². The number of nitrogens with zero attached hydrogens (tertiary/aromatic N) is 7. The first-order chi connectivity index (χ1) is 16.2. The number of aryl methyl sites for hydroxylation is 1. The average Bonchev–Trinajstić information content (AvgIpc) is 3.26. The van der Waals surface area contributed by atoms with E-state index in [0.717, 1.165) is 61.2 Å². The molecule has 6 rings (SSSR count). The Labute approximate surface area is 198 Å². The van der Waals surface area contributed by atoms with E-state index in [1.165, 1.54) is 29.9 Å². The third-order valence-corrected chi connectivity index (χ3v) is 6.86. The molecule has 0 N–H and O–H groups in total. The molecule has 2 aliphatic rings. The van der Waals surface area contributed by atoms with Gasteiger partial charge in [-0.15, -0.1) is 5.10 Å². The van der Waals surface area contributed by atoms with E-state index in [-0.39, 0.29) is 0 Å². The number of hydrogen-bond acceptors (Lipinski definition) is 6. The summed E-state index contributed by atoms with van der Waals surface area (Å²) in [5.74, 6) is 3.73. The van der Waals surface area contributed by atoms with E-state index in [4.69, 9.17) is 26.7 Å². The van der Waals surface area contributed by atoms with E-state index in [2.05, 4.69) is 26.9 Å². The maximum atomic E-state index is 6.05. The fourth-order valence-corrected chi connectivity index (χ4v) is 5.06. The molecule has 4 aromatic rings. The monoisotopic (exact) mass is 459 g/mol. The zero-order valence-electron chi connectivity index (χ0n) is 18.5. The minimum Gasteiger partial charge on any atom is -0.353 e. The van der Waals surface area contributed by atoms with E-state index in [0.29, 0.717) is 12.2 Å². The minimum absolute atomic E-state index is 0.665. The second kappa shape index (κ2) is 8.63. The summed E-state index contributed by atoms with van der Waals surface area (Å²) in [6.45, 7) is 3.72. The Bertz CT molecular complexity index is 1260. The van der Waals surface area contributed by atoms with Gasteiger partial charge in [-0.2, -0.15) is 9.50 Å². The van der Waals surface area contributed by atoms with Crippen LogP contribution in [-0.4, -0.2) is 50.7 Å². The summed E-state index contributed by atoms with van der Waals surface area (Å²) in [4.78, 5) is 19.1. The van der Waals surface area contributed by atoms with Crippen molar-refractivity contribution >= 4 is 29.0 Å². The molecule has 0 atom stereocenters. The van der Waals surface area contributed by atoms with Crippen LogP contribution in [0.3, 0.4) is 0 Å². The molecule has 0 amide bonds. The van der Waals surface area contributed by atoms with Gasteiger partial charge in [0, 0.05) is 49.4 Å². The second-order valence-electron chi connectivity index (χ2n) is 8.77. The fourth-order valence-electron chi connectivity index (χ4n) is 4.93. The normalized spacial score (nSPS) is 16.3. The molecule has 0 saturated carbocycles. The van der Waals surface area contributed by atoms with Gasteiger partial charge in [0.1, 0.15) is 11.6 Å². The standard InChI is InChI=1S/C25H26ClN7/c26-19-10-8-18(9-11-19)17-22-29-25-28-21-6-2-1-5-20(21)24(33(25)30-22)32-15-13-31(14-16-32)23-7-3-4-12-27-23/h3-4,7-12H,1-2,5-6,13-17H2. The number of fused-ring (bicyclic) bond motifs is 2. The molecule has 1 aliphatic heterocycles. The highest BCUT2D eigenvalue weighted by Gasteiger charge is 2.27. The predicted octanol–water partition coefficient (Wildman–Crippen LogP) is 3.97. The van der Waals surface area contributed by atoms with Crippen molar-refractivity contribution in [3.8, 4) is 0 Å². The summed E-state index contributed by atoms with van der Waals surface area (Å²) in [6.07, 6.45) is 7.00. The zero-order chi connectivity index (χ0) is 22.2. The molecule has 7 nitrogen and oxygen atoms in total. The largest absolute Gasteiger partial charge is 0.353 e. The summed E-state index contributed by atoms with van der Waals surface area (Å²) in [6, 6.07) is 14.0. The van der Waals surface area contributed by atoms with Crippen LogP contribution in [0.2, 0.25) is 5.02 Å². The smallest absolute Gasteiger partial charge is 0.254 e. The van der Waals surface area contributed by atoms with Crippen molar-refractivity contribution < 1.29 is 0 Å². The summed E-state index contributed by atoms with van der Waals surface area (Å²) >= 11 is 6.05. The molecule has 168 valence electrons. The first-order valence-electron chi connectivity index (χ1n) is 11.7. The van der Waals surface area contributed by atoms with Crippen molar-refractivity contribution in [3.05, 3.63) is 76.3 Å². The Balaban J connectivity index is 1.33. The zero-order valence-corrected chi connectivity index (χ0v) is 19.2. The first-order valence-corrected chi connectivity index (χ1v) is 12.1. The molecule has 4 heterocycles. The summed E-state index contributed by atoms with van der Waals surface area (Å²) < 4.78 is 1.99. The second-order valence-corrected chi connectivity index (χ2v) is 9.21. The van der Waals surface area contributed by atoms with Crippen LogP contribution < -0.4 is 9.80 Å². The number of rotatable bonds is 4. The van der Waals surface area contributed by atoms with Crippen molar-refractivity contribution in [1.29, 1.82) is 0 Å². The molecule has 1 aromatic carbocycles. The minimum atomic E-state index is 0.665. The van der Waals surface area contributed by atoms with Crippen molar-refractivity contribution in [2.75, 3.05) is 36.0 Å². The number of halogens is 1. The van der Waals surface area contributed by atoms with Gasteiger partial charge in [0.25, 0.3) is 5.78 Å². The van der Waals surface area contributed by atoms with Gasteiger partial charge in [0.2, 0.25) is 0 Å². The lowest BCUT2D eigenvalue weighted by Crippen LogP contribution is -2.48. The van der Waals surface area contributed by atoms with Gasteiger partial charge in [-0.05, 0) is 55.5 Å². The molecule has 1 aliphatic carbocycles. The third-order valence-electron chi connectivity index (χ3n) is 6.61. The van der Waals surface area contributed by atoms with E-state index >= 15 is 0 Å². The van der Waals surface area contributed by atoms with E-state index in [1.807, 2.05) is 41.0 Å². The maximum Gasteiger partial charge on any atom is 0.254 e. The Morgan fingerprint density at radius 3 is 2.42 bits per heavy atom. The third kappa shape index (κ3) is 4.02. The van der Waals surface area contributed by atoms with Crippen LogP contribution in [0, 0.1) is 0 Å². The Kier molecular flexibility index (Phi) is 5.34. The predicted molar refractivity (Wildman–Crippen MR) is 130 cm³/mol. The van der Waals surface area contributed by atoms with Crippen molar-refractivity contribution in [1.82, 2.24) is 24.6 Å². The Morgan fingerprint density at radius 2 is 1.64 bits per heavy atom. The number of pyridine rings is 1. The van der Waals surface area contributed by atoms with Crippen LogP contribution in [-0.2, 0) is 19.3 Å². The van der Waals surface area contributed by atoms with Gasteiger partial charge >= 0.3 is 0 Å². The van der Waals surface area contributed by atoms with Gasteiger partial charge < -0.3 is 9.80 Å². The van der Waals surface area contributed by atoms with E-state index in [9.17, 15) is 0 Å². The Morgan fingerprint density at radius 1 is 0.848 bits per heavy atom. The molecular formula is C25H26ClN7. The summed E-state index contributed by atoms with van der Waals surface area (Å²) in [5, 5.41) is 5.67. The lowest BCUT2D eigenvalue weighted by molar-refractivity contribution is 0.611. The van der Waals surface area contributed by atoms with Gasteiger partial charge in [0.05, 0.1) is 5.69 Å². The molecule has 0 unspecified atom stereocenters. The van der Waals surface area contributed by atoms with E-state index in [1.54, 1.807) is 0 Å². The highest BCUT2D eigenvalue weighted by Crippen LogP contribution is 2.31. The van der Waals surface area contributed by atoms with Gasteiger partial charge in [-0.3, -0.25) is 0 Å². The quantitative estimate of drug-likeness (QED) is 0.460. The molecule has 1 fully saturated rings. The molecule has 0 bridgehead atoms. The number of benzene rings is 1. The van der Waals surface area contributed by atoms with Crippen LogP contribution in [0.4, 0.5) is 11.6 Å². The highest BCUT2D eigenvalue weighted by molar-refractivity contribution is 6.30. The number of hydrogen-bond donors (Lipinski definition) is 0. The van der Waals surface area contributed by atoms with Crippen LogP contribution in [0.5, 0.6) is 0 Å². The summed E-state index contributed by atoms with van der Waals surface area (Å²) in [7, 11) is 0.